The molecule has 0 aromatic heterocycles. The fourth-order valence-electron chi connectivity index (χ4n) is 1.55. The van der Waals surface area contributed by atoms with Crippen LogP contribution in [0.25, 0.3) is 0 Å². The van der Waals surface area contributed by atoms with Crippen molar-refractivity contribution in [1.29, 1.82) is 0 Å². The van der Waals surface area contributed by atoms with Gasteiger partial charge < -0.3 is 5.11 Å². The van der Waals surface area contributed by atoms with Crippen LogP contribution in [0, 0.1) is 11.6 Å². The van der Waals surface area contributed by atoms with Crippen molar-refractivity contribution < 1.29 is 13.9 Å². The molecule has 18 heavy (non-hydrogen) atoms. The van der Waals surface area contributed by atoms with E-state index in [9.17, 15) is 13.9 Å². The van der Waals surface area contributed by atoms with E-state index in [4.69, 9.17) is 0 Å². The summed E-state index contributed by atoms with van der Waals surface area (Å²) in [4.78, 5) is 0.999. The SMILES string of the molecule is OC(CSc1ccccc1)c1ccc(F)cc1F. The predicted octanol–water partition coefficient (Wildman–Crippen LogP) is 3.79. The summed E-state index contributed by atoms with van der Waals surface area (Å²) >= 11 is 1.43. The van der Waals surface area contributed by atoms with Crippen LogP contribution in [0.5, 0.6) is 0 Å². The number of aliphatic hydroxyl groups excluding tert-OH is 1. The first-order valence-corrected chi connectivity index (χ1v) is 6.46. The Morgan fingerprint density at radius 3 is 2.44 bits per heavy atom. The summed E-state index contributed by atoms with van der Waals surface area (Å²) in [5, 5.41) is 9.87. The molecular weight excluding hydrogens is 254 g/mol. The Balaban J connectivity index is 2.01. The van der Waals surface area contributed by atoms with Crippen molar-refractivity contribution in [2.45, 2.75) is 11.0 Å². The molecule has 1 N–H and O–H groups in total. The van der Waals surface area contributed by atoms with Gasteiger partial charge in [0.15, 0.2) is 0 Å². The summed E-state index contributed by atoms with van der Waals surface area (Å²) < 4.78 is 26.2. The Morgan fingerprint density at radius 2 is 1.78 bits per heavy atom. The van der Waals surface area contributed by atoms with Gasteiger partial charge in [0.05, 0.1) is 6.10 Å². The first-order chi connectivity index (χ1) is 8.66. The maximum absolute atomic E-state index is 13.4. The lowest BCUT2D eigenvalue weighted by Gasteiger charge is -2.11. The molecule has 4 heteroatoms. The quantitative estimate of drug-likeness (QED) is 0.850. The third-order valence-electron chi connectivity index (χ3n) is 2.47. The van der Waals surface area contributed by atoms with Gasteiger partial charge in [0.25, 0.3) is 0 Å². The first kappa shape index (κ1) is 13.1. The molecule has 0 aliphatic heterocycles. The number of benzene rings is 2. The predicted molar refractivity (Wildman–Crippen MR) is 68.5 cm³/mol. The van der Waals surface area contributed by atoms with Crippen molar-refractivity contribution >= 4 is 11.8 Å². The minimum atomic E-state index is -0.948. The van der Waals surface area contributed by atoms with E-state index >= 15 is 0 Å². The number of hydrogen-bond donors (Lipinski definition) is 1. The van der Waals surface area contributed by atoms with Gasteiger partial charge in [-0.1, -0.05) is 24.3 Å². The third kappa shape index (κ3) is 3.31. The van der Waals surface area contributed by atoms with Crippen LogP contribution in [-0.4, -0.2) is 10.9 Å². The van der Waals surface area contributed by atoms with Gasteiger partial charge in [-0.25, -0.2) is 8.78 Å². The molecule has 1 nitrogen and oxygen atoms in total. The molecule has 1 atom stereocenters. The molecule has 1 unspecified atom stereocenters. The van der Waals surface area contributed by atoms with Crippen molar-refractivity contribution in [3.63, 3.8) is 0 Å². The molecule has 2 aromatic carbocycles. The molecule has 0 saturated heterocycles. The number of thioether (sulfide) groups is 1. The minimum Gasteiger partial charge on any atom is -0.387 e. The summed E-state index contributed by atoms with van der Waals surface area (Å²) in [6, 6.07) is 12.7. The van der Waals surface area contributed by atoms with Crippen molar-refractivity contribution in [2.24, 2.45) is 0 Å². The highest BCUT2D eigenvalue weighted by molar-refractivity contribution is 7.99. The fraction of sp³-hybridized carbons (Fsp3) is 0.143. The van der Waals surface area contributed by atoms with E-state index in [1.54, 1.807) is 0 Å². The zero-order valence-electron chi connectivity index (χ0n) is 9.51. The summed E-state index contributed by atoms with van der Waals surface area (Å²) in [5.74, 6) is -1.03. The number of hydrogen-bond acceptors (Lipinski definition) is 2. The van der Waals surface area contributed by atoms with E-state index in [1.165, 1.54) is 17.8 Å². The Bertz CT molecular complexity index is 516. The van der Waals surface area contributed by atoms with Crippen LogP contribution < -0.4 is 0 Å². The van der Waals surface area contributed by atoms with Crippen LogP contribution in [0.2, 0.25) is 0 Å². The van der Waals surface area contributed by atoms with Gasteiger partial charge in [-0.15, -0.1) is 11.8 Å². The highest BCUT2D eigenvalue weighted by Gasteiger charge is 2.13. The topological polar surface area (TPSA) is 20.2 Å². The van der Waals surface area contributed by atoms with Crippen LogP contribution in [-0.2, 0) is 0 Å². The van der Waals surface area contributed by atoms with E-state index in [1.807, 2.05) is 30.3 Å². The zero-order chi connectivity index (χ0) is 13.0. The Kier molecular flexibility index (Phi) is 4.33. The summed E-state index contributed by atoms with van der Waals surface area (Å²) in [6.07, 6.45) is -0.948. The van der Waals surface area contributed by atoms with Crippen molar-refractivity contribution in [3.05, 3.63) is 65.7 Å². The van der Waals surface area contributed by atoms with Crippen molar-refractivity contribution in [2.75, 3.05) is 5.75 Å². The lowest BCUT2D eigenvalue weighted by atomic mass is 10.1. The molecule has 0 aliphatic carbocycles. The van der Waals surface area contributed by atoms with Gasteiger partial charge >= 0.3 is 0 Å². The molecule has 0 spiro atoms. The Labute approximate surface area is 108 Å². The Hall–Kier alpha value is -1.39. The number of halogens is 2. The molecular formula is C14H12F2OS. The van der Waals surface area contributed by atoms with E-state index in [2.05, 4.69) is 0 Å². The molecule has 2 rings (SSSR count). The largest absolute Gasteiger partial charge is 0.387 e. The molecule has 0 radical (unpaired) electrons. The van der Waals surface area contributed by atoms with Crippen molar-refractivity contribution in [1.82, 2.24) is 0 Å². The second-order valence-electron chi connectivity index (χ2n) is 3.81. The van der Waals surface area contributed by atoms with Crippen LogP contribution in [0.4, 0.5) is 8.78 Å². The highest BCUT2D eigenvalue weighted by Crippen LogP contribution is 2.26. The second-order valence-corrected chi connectivity index (χ2v) is 4.90. The standard InChI is InChI=1S/C14H12F2OS/c15-10-6-7-12(13(16)8-10)14(17)9-18-11-4-2-1-3-5-11/h1-8,14,17H,9H2. The second kappa shape index (κ2) is 5.98. The molecule has 0 aliphatic rings. The highest BCUT2D eigenvalue weighted by atomic mass is 32.2. The van der Waals surface area contributed by atoms with Gasteiger partial charge in [0.1, 0.15) is 11.6 Å². The minimum absolute atomic E-state index is 0.125. The van der Waals surface area contributed by atoms with Gasteiger partial charge in [-0.05, 0) is 18.2 Å². The van der Waals surface area contributed by atoms with E-state index < -0.39 is 17.7 Å². The molecule has 0 fully saturated rings. The normalized spacial score (nSPS) is 12.4. The zero-order valence-corrected chi connectivity index (χ0v) is 10.3. The molecule has 0 saturated carbocycles. The summed E-state index contributed by atoms with van der Waals surface area (Å²) in [6.45, 7) is 0. The smallest absolute Gasteiger partial charge is 0.131 e. The molecule has 94 valence electrons. The monoisotopic (exact) mass is 266 g/mol. The number of rotatable bonds is 4. The van der Waals surface area contributed by atoms with E-state index in [-0.39, 0.29) is 5.56 Å². The average Bonchev–Trinajstić information content (AvgIpc) is 2.37. The van der Waals surface area contributed by atoms with E-state index in [0.717, 1.165) is 17.0 Å². The number of aliphatic hydroxyl groups is 1. The van der Waals surface area contributed by atoms with Crippen LogP contribution in [0.3, 0.4) is 0 Å². The van der Waals surface area contributed by atoms with E-state index in [0.29, 0.717) is 5.75 Å². The van der Waals surface area contributed by atoms with Crippen molar-refractivity contribution in [3.8, 4) is 0 Å². The molecule has 2 aromatic rings. The third-order valence-corrected chi connectivity index (χ3v) is 3.56. The molecule has 0 bridgehead atoms. The van der Waals surface area contributed by atoms with Crippen LogP contribution >= 0.6 is 11.8 Å². The maximum atomic E-state index is 13.4. The maximum Gasteiger partial charge on any atom is 0.131 e. The van der Waals surface area contributed by atoms with Gasteiger partial charge in [0.2, 0.25) is 0 Å². The summed E-state index contributed by atoms with van der Waals surface area (Å²) in [7, 11) is 0. The van der Waals surface area contributed by atoms with Crippen LogP contribution in [0.1, 0.15) is 11.7 Å². The van der Waals surface area contributed by atoms with Crippen LogP contribution in [0.15, 0.2) is 53.4 Å². The first-order valence-electron chi connectivity index (χ1n) is 5.47. The molecule has 0 amide bonds. The van der Waals surface area contributed by atoms with Gasteiger partial charge in [-0.3, -0.25) is 0 Å². The average molecular weight is 266 g/mol. The Morgan fingerprint density at radius 1 is 1.06 bits per heavy atom. The summed E-state index contributed by atoms with van der Waals surface area (Å²) in [5.41, 5.74) is 0.125. The molecule has 0 heterocycles. The van der Waals surface area contributed by atoms with Gasteiger partial charge in [-0.2, -0.15) is 0 Å². The lowest BCUT2D eigenvalue weighted by molar-refractivity contribution is 0.198. The lowest BCUT2D eigenvalue weighted by Crippen LogP contribution is -2.03. The van der Waals surface area contributed by atoms with Gasteiger partial charge in [0, 0.05) is 22.3 Å². The fourth-order valence-corrected chi connectivity index (χ4v) is 2.43.